The average molecular weight is 367 g/mol. The number of aryl methyl sites for hydroxylation is 2. The first-order chi connectivity index (χ1) is 13.1. The summed E-state index contributed by atoms with van der Waals surface area (Å²) in [5.74, 6) is -0.346. The Labute approximate surface area is 161 Å². The number of hydrogen-bond acceptors (Lipinski definition) is 1. The lowest BCUT2D eigenvalue weighted by molar-refractivity contribution is 0.418. The molecular weight excluding hydrogens is 340 g/mol. The highest BCUT2D eigenvalue weighted by atomic mass is 19.1. The monoisotopic (exact) mass is 367 g/mol. The predicted molar refractivity (Wildman–Crippen MR) is 105 cm³/mol. The minimum atomic E-state index is -0.392. The van der Waals surface area contributed by atoms with Gasteiger partial charge >= 0.3 is 0 Å². The van der Waals surface area contributed by atoms with Crippen molar-refractivity contribution in [1.29, 1.82) is 5.26 Å². The van der Waals surface area contributed by atoms with Gasteiger partial charge in [-0.1, -0.05) is 25.8 Å². The van der Waals surface area contributed by atoms with E-state index < -0.39 is 11.6 Å². The molecule has 142 valence electrons. The molecule has 0 spiro atoms. The van der Waals surface area contributed by atoms with Crippen LogP contribution in [0.25, 0.3) is 0 Å². The van der Waals surface area contributed by atoms with Gasteiger partial charge in [-0.25, -0.2) is 8.78 Å². The Morgan fingerprint density at radius 1 is 1.04 bits per heavy atom. The van der Waals surface area contributed by atoms with Gasteiger partial charge in [0.1, 0.15) is 11.6 Å². The van der Waals surface area contributed by atoms with Crippen molar-refractivity contribution < 1.29 is 8.78 Å². The lowest BCUT2D eigenvalue weighted by Gasteiger charge is -2.25. The molecule has 2 aromatic carbocycles. The van der Waals surface area contributed by atoms with Crippen molar-refractivity contribution in [1.82, 2.24) is 0 Å². The fourth-order valence-corrected chi connectivity index (χ4v) is 4.11. The molecule has 1 aliphatic rings. The quantitative estimate of drug-likeness (QED) is 0.526. The maximum Gasteiger partial charge on any atom is 0.129 e. The third-order valence-electron chi connectivity index (χ3n) is 5.74. The van der Waals surface area contributed by atoms with Crippen LogP contribution in [0.2, 0.25) is 0 Å². The zero-order valence-electron chi connectivity index (χ0n) is 16.0. The highest BCUT2D eigenvalue weighted by Crippen LogP contribution is 2.30. The first-order valence-corrected chi connectivity index (χ1v) is 10.1. The lowest BCUT2D eigenvalue weighted by Crippen LogP contribution is -2.15. The Hall–Kier alpha value is -2.21. The summed E-state index contributed by atoms with van der Waals surface area (Å²) in [6, 6.07) is 11.1. The maximum absolute atomic E-state index is 14.4. The molecule has 3 heteroatoms. The largest absolute Gasteiger partial charge is 0.207 e. The molecule has 1 aliphatic carbocycles. The number of nitrogens with zero attached hydrogens (tertiary/aromatic N) is 1. The molecule has 0 N–H and O–H groups in total. The van der Waals surface area contributed by atoms with E-state index in [1.165, 1.54) is 23.3 Å². The van der Waals surface area contributed by atoms with Gasteiger partial charge in [-0.15, -0.1) is 0 Å². The zero-order chi connectivity index (χ0) is 19.2. The summed E-state index contributed by atoms with van der Waals surface area (Å²) in [5, 5.41) is 9.01. The van der Waals surface area contributed by atoms with Crippen molar-refractivity contribution in [3.63, 3.8) is 0 Å². The van der Waals surface area contributed by atoms with E-state index in [4.69, 9.17) is 5.26 Å². The Kier molecular flexibility index (Phi) is 6.61. The minimum Gasteiger partial charge on any atom is -0.207 e. The predicted octanol–water partition coefficient (Wildman–Crippen LogP) is 6.31. The van der Waals surface area contributed by atoms with Crippen molar-refractivity contribution in [3.05, 3.63) is 69.8 Å². The van der Waals surface area contributed by atoms with E-state index in [9.17, 15) is 8.78 Å². The van der Waals surface area contributed by atoms with Gasteiger partial charge in [-0.2, -0.15) is 5.26 Å². The van der Waals surface area contributed by atoms with Crippen LogP contribution in [0, 0.1) is 28.9 Å². The normalized spacial score (nSPS) is 16.0. The zero-order valence-corrected chi connectivity index (χ0v) is 16.0. The van der Waals surface area contributed by atoms with Crippen molar-refractivity contribution in [3.8, 4) is 6.07 Å². The Morgan fingerprint density at radius 2 is 1.81 bits per heavy atom. The SMILES string of the molecule is CCCCCc1cc(F)c(CCC2CCc3cc(C#N)ccc3C2)c(F)c1. The molecule has 0 fully saturated rings. The summed E-state index contributed by atoms with van der Waals surface area (Å²) in [5.41, 5.74) is 4.23. The molecule has 1 unspecified atom stereocenters. The molecule has 3 rings (SSSR count). The van der Waals surface area contributed by atoms with Gasteiger partial charge in [-0.3, -0.25) is 0 Å². The van der Waals surface area contributed by atoms with Crippen molar-refractivity contribution in [2.75, 3.05) is 0 Å². The number of fused-ring (bicyclic) bond motifs is 1. The van der Waals surface area contributed by atoms with E-state index in [-0.39, 0.29) is 5.56 Å². The molecule has 1 nitrogen and oxygen atoms in total. The minimum absolute atomic E-state index is 0.236. The van der Waals surface area contributed by atoms with Crippen LogP contribution in [-0.2, 0) is 25.7 Å². The number of hydrogen-bond donors (Lipinski definition) is 0. The van der Waals surface area contributed by atoms with Gasteiger partial charge in [0.25, 0.3) is 0 Å². The van der Waals surface area contributed by atoms with Crippen molar-refractivity contribution in [2.24, 2.45) is 5.92 Å². The topological polar surface area (TPSA) is 23.8 Å². The maximum atomic E-state index is 14.4. The van der Waals surface area contributed by atoms with Crippen LogP contribution in [0.4, 0.5) is 8.78 Å². The Morgan fingerprint density at radius 3 is 2.52 bits per heavy atom. The van der Waals surface area contributed by atoms with E-state index in [0.29, 0.717) is 17.9 Å². The molecule has 2 aromatic rings. The second kappa shape index (κ2) is 9.13. The van der Waals surface area contributed by atoms with Crippen LogP contribution in [0.3, 0.4) is 0 Å². The highest BCUT2D eigenvalue weighted by Gasteiger charge is 2.20. The lowest BCUT2D eigenvalue weighted by atomic mass is 9.80. The van der Waals surface area contributed by atoms with Gasteiger partial charge < -0.3 is 0 Å². The molecule has 0 heterocycles. The van der Waals surface area contributed by atoms with Gasteiger partial charge in [0.05, 0.1) is 11.6 Å². The molecule has 27 heavy (non-hydrogen) atoms. The summed E-state index contributed by atoms with van der Waals surface area (Å²) in [6.07, 6.45) is 8.03. The molecule has 0 amide bonds. The molecule has 0 radical (unpaired) electrons. The fourth-order valence-electron chi connectivity index (χ4n) is 4.11. The molecular formula is C24H27F2N. The number of halogens is 2. The van der Waals surface area contributed by atoms with Crippen LogP contribution in [0.1, 0.15) is 66.8 Å². The average Bonchev–Trinajstić information content (AvgIpc) is 2.67. The number of nitriles is 1. The van der Waals surface area contributed by atoms with E-state index in [2.05, 4.69) is 13.0 Å². The van der Waals surface area contributed by atoms with E-state index >= 15 is 0 Å². The summed E-state index contributed by atoms with van der Waals surface area (Å²) in [6.45, 7) is 2.12. The van der Waals surface area contributed by atoms with Crippen LogP contribution >= 0.6 is 0 Å². The van der Waals surface area contributed by atoms with E-state index in [1.54, 1.807) is 0 Å². The third kappa shape index (κ3) is 4.95. The molecule has 0 saturated carbocycles. The molecule has 0 bridgehead atoms. The summed E-state index contributed by atoms with van der Waals surface area (Å²) < 4.78 is 28.9. The fraction of sp³-hybridized carbons (Fsp3) is 0.458. The summed E-state index contributed by atoms with van der Waals surface area (Å²) in [7, 11) is 0. The Balaban J connectivity index is 1.61. The highest BCUT2D eigenvalue weighted by molar-refractivity contribution is 5.39. The first kappa shape index (κ1) is 19.5. The second-order valence-corrected chi connectivity index (χ2v) is 7.74. The second-order valence-electron chi connectivity index (χ2n) is 7.74. The summed E-state index contributed by atoms with van der Waals surface area (Å²) in [4.78, 5) is 0. The molecule has 0 saturated heterocycles. The van der Waals surface area contributed by atoms with Crippen LogP contribution in [0.15, 0.2) is 30.3 Å². The number of benzene rings is 2. The number of rotatable bonds is 7. The van der Waals surface area contributed by atoms with Crippen LogP contribution in [-0.4, -0.2) is 0 Å². The van der Waals surface area contributed by atoms with Gasteiger partial charge in [0.2, 0.25) is 0 Å². The molecule has 0 aliphatic heterocycles. The van der Waals surface area contributed by atoms with Crippen LogP contribution in [0.5, 0.6) is 0 Å². The third-order valence-corrected chi connectivity index (χ3v) is 5.74. The standard InChI is InChI=1S/C24H27F2N/c1-2-3-4-5-18-14-23(25)22(24(26)15-18)11-8-17-6-9-21-13-19(16-27)7-10-20(21)12-17/h7,10,13-15,17H,2-6,8-9,11-12H2,1H3. The van der Waals surface area contributed by atoms with E-state index in [0.717, 1.165) is 56.9 Å². The van der Waals surface area contributed by atoms with Gasteiger partial charge in [0, 0.05) is 5.56 Å². The first-order valence-electron chi connectivity index (χ1n) is 10.1. The van der Waals surface area contributed by atoms with Gasteiger partial charge in [0.15, 0.2) is 0 Å². The van der Waals surface area contributed by atoms with Crippen molar-refractivity contribution in [2.45, 2.75) is 64.7 Å². The Bertz CT molecular complexity index is 812. The van der Waals surface area contributed by atoms with E-state index in [1.807, 2.05) is 18.2 Å². The van der Waals surface area contributed by atoms with Gasteiger partial charge in [-0.05, 0) is 91.8 Å². The molecule has 0 aromatic heterocycles. The summed E-state index contributed by atoms with van der Waals surface area (Å²) >= 11 is 0. The number of unbranched alkanes of at least 4 members (excludes halogenated alkanes) is 2. The smallest absolute Gasteiger partial charge is 0.129 e. The van der Waals surface area contributed by atoms with Crippen molar-refractivity contribution >= 4 is 0 Å². The molecule has 1 atom stereocenters. The van der Waals surface area contributed by atoms with Crippen LogP contribution < -0.4 is 0 Å².